The van der Waals surface area contributed by atoms with Gasteiger partial charge in [0.2, 0.25) is 0 Å². The molecule has 0 spiro atoms. The number of hydrogen-bond donors (Lipinski definition) is 0. The third-order valence-corrected chi connectivity index (χ3v) is 3.48. The average Bonchev–Trinajstić information content (AvgIpc) is 2.19. The summed E-state index contributed by atoms with van der Waals surface area (Å²) in [7, 11) is 0. The first-order chi connectivity index (χ1) is 6.84. The Morgan fingerprint density at radius 3 is 2.64 bits per heavy atom. The maximum Gasteiger partial charge on any atom is 0.0338 e. The van der Waals surface area contributed by atoms with Gasteiger partial charge in [-0.25, -0.2) is 0 Å². The van der Waals surface area contributed by atoms with Crippen LogP contribution in [0.2, 0.25) is 0 Å². The molecule has 0 heterocycles. The van der Waals surface area contributed by atoms with E-state index in [1.54, 1.807) is 0 Å². The fourth-order valence-corrected chi connectivity index (χ4v) is 2.76. The van der Waals surface area contributed by atoms with Gasteiger partial charge in [0.05, 0.1) is 0 Å². The molecule has 0 saturated heterocycles. The summed E-state index contributed by atoms with van der Waals surface area (Å²) < 4.78 is 0. The second-order valence-corrected chi connectivity index (χ2v) is 4.94. The molecule has 1 heteroatoms. The van der Waals surface area contributed by atoms with Crippen molar-refractivity contribution in [2.45, 2.75) is 37.5 Å². The highest BCUT2D eigenvalue weighted by Crippen LogP contribution is 2.30. The fraction of sp³-hybridized carbons (Fsp3) is 0.538. The van der Waals surface area contributed by atoms with E-state index >= 15 is 0 Å². The maximum absolute atomic E-state index is 6.18. The summed E-state index contributed by atoms with van der Waals surface area (Å²) in [4.78, 5) is 0. The molecule has 1 saturated carbocycles. The lowest BCUT2D eigenvalue weighted by molar-refractivity contribution is 0.361. The molecule has 2 rings (SSSR count). The molecule has 2 atom stereocenters. The Kier molecular flexibility index (Phi) is 3.47. The lowest BCUT2D eigenvalue weighted by Gasteiger charge is -2.25. The van der Waals surface area contributed by atoms with Crippen LogP contribution in [0.15, 0.2) is 30.3 Å². The van der Waals surface area contributed by atoms with Crippen LogP contribution >= 0.6 is 11.6 Å². The Balaban J connectivity index is 1.91. The quantitative estimate of drug-likeness (QED) is 0.644. The SMILES string of the molecule is ClC1CCCC(Cc2ccccc2)C1. The smallest absolute Gasteiger partial charge is 0.0338 e. The van der Waals surface area contributed by atoms with Crippen LogP contribution in [-0.2, 0) is 6.42 Å². The molecule has 0 bridgehead atoms. The molecule has 0 radical (unpaired) electrons. The van der Waals surface area contributed by atoms with Crippen molar-refractivity contribution in [2.24, 2.45) is 5.92 Å². The molecular formula is C13H17Cl. The number of rotatable bonds is 2. The zero-order chi connectivity index (χ0) is 9.80. The third-order valence-electron chi connectivity index (χ3n) is 3.09. The van der Waals surface area contributed by atoms with Gasteiger partial charge >= 0.3 is 0 Å². The standard InChI is InChI=1S/C13H17Cl/c14-13-8-4-7-12(10-13)9-11-5-2-1-3-6-11/h1-3,5-6,12-13H,4,7-10H2. The summed E-state index contributed by atoms with van der Waals surface area (Å²) in [6.07, 6.45) is 6.30. The van der Waals surface area contributed by atoms with Crippen LogP contribution in [0.4, 0.5) is 0 Å². The summed E-state index contributed by atoms with van der Waals surface area (Å²) >= 11 is 6.18. The van der Waals surface area contributed by atoms with E-state index in [0.717, 1.165) is 5.92 Å². The maximum atomic E-state index is 6.18. The first-order valence-electron chi connectivity index (χ1n) is 5.52. The van der Waals surface area contributed by atoms with Crippen LogP contribution in [-0.4, -0.2) is 5.38 Å². The van der Waals surface area contributed by atoms with Crippen LogP contribution in [0.3, 0.4) is 0 Å². The molecule has 0 N–H and O–H groups in total. The molecule has 0 aromatic heterocycles. The number of hydrogen-bond acceptors (Lipinski definition) is 0. The fourth-order valence-electron chi connectivity index (χ4n) is 2.36. The zero-order valence-electron chi connectivity index (χ0n) is 8.45. The lowest BCUT2D eigenvalue weighted by Crippen LogP contribution is -2.17. The van der Waals surface area contributed by atoms with Crippen molar-refractivity contribution in [1.29, 1.82) is 0 Å². The number of benzene rings is 1. The molecule has 76 valence electrons. The van der Waals surface area contributed by atoms with Gasteiger partial charge in [0.1, 0.15) is 0 Å². The Hall–Kier alpha value is -0.490. The van der Waals surface area contributed by atoms with Crippen molar-refractivity contribution in [2.75, 3.05) is 0 Å². The Labute approximate surface area is 91.3 Å². The van der Waals surface area contributed by atoms with E-state index in [9.17, 15) is 0 Å². The summed E-state index contributed by atoms with van der Waals surface area (Å²) in [6, 6.07) is 10.8. The molecule has 2 unspecified atom stereocenters. The Morgan fingerprint density at radius 2 is 1.93 bits per heavy atom. The first kappa shape index (κ1) is 10.0. The molecule has 1 aromatic carbocycles. The van der Waals surface area contributed by atoms with Crippen molar-refractivity contribution in [1.82, 2.24) is 0 Å². The molecule has 0 aliphatic heterocycles. The number of alkyl halides is 1. The largest absolute Gasteiger partial charge is 0.123 e. The monoisotopic (exact) mass is 208 g/mol. The zero-order valence-corrected chi connectivity index (χ0v) is 9.21. The van der Waals surface area contributed by atoms with E-state index in [1.165, 1.54) is 37.7 Å². The summed E-state index contributed by atoms with van der Waals surface area (Å²) in [5.41, 5.74) is 1.46. The van der Waals surface area contributed by atoms with Crippen molar-refractivity contribution in [3.63, 3.8) is 0 Å². The topological polar surface area (TPSA) is 0 Å². The second-order valence-electron chi connectivity index (χ2n) is 4.32. The highest BCUT2D eigenvalue weighted by Gasteiger charge is 2.20. The highest BCUT2D eigenvalue weighted by atomic mass is 35.5. The van der Waals surface area contributed by atoms with Gasteiger partial charge in [-0.1, -0.05) is 43.2 Å². The second kappa shape index (κ2) is 4.84. The molecular weight excluding hydrogens is 192 g/mol. The van der Waals surface area contributed by atoms with Gasteiger partial charge in [-0.15, -0.1) is 11.6 Å². The summed E-state index contributed by atoms with van der Waals surface area (Å²) in [5.74, 6) is 0.814. The normalized spacial score (nSPS) is 27.5. The minimum absolute atomic E-state index is 0.428. The van der Waals surface area contributed by atoms with Crippen molar-refractivity contribution >= 4 is 11.6 Å². The van der Waals surface area contributed by atoms with E-state index in [2.05, 4.69) is 30.3 Å². The molecule has 1 aromatic rings. The van der Waals surface area contributed by atoms with Gasteiger partial charge in [0.25, 0.3) is 0 Å². The van der Waals surface area contributed by atoms with Gasteiger partial charge in [-0.3, -0.25) is 0 Å². The average molecular weight is 209 g/mol. The van der Waals surface area contributed by atoms with Crippen LogP contribution in [0.1, 0.15) is 31.2 Å². The van der Waals surface area contributed by atoms with E-state index in [0.29, 0.717) is 5.38 Å². The van der Waals surface area contributed by atoms with Gasteiger partial charge in [-0.05, 0) is 30.7 Å². The van der Waals surface area contributed by atoms with Crippen LogP contribution < -0.4 is 0 Å². The van der Waals surface area contributed by atoms with Gasteiger partial charge in [0.15, 0.2) is 0 Å². The van der Waals surface area contributed by atoms with Gasteiger partial charge < -0.3 is 0 Å². The van der Waals surface area contributed by atoms with Crippen LogP contribution in [0.25, 0.3) is 0 Å². The number of halogens is 1. The highest BCUT2D eigenvalue weighted by molar-refractivity contribution is 6.20. The predicted molar refractivity (Wildman–Crippen MR) is 61.7 cm³/mol. The lowest BCUT2D eigenvalue weighted by atomic mass is 9.84. The van der Waals surface area contributed by atoms with E-state index in [4.69, 9.17) is 11.6 Å². The third kappa shape index (κ3) is 2.75. The van der Waals surface area contributed by atoms with Crippen LogP contribution in [0, 0.1) is 5.92 Å². The molecule has 0 amide bonds. The Morgan fingerprint density at radius 1 is 1.14 bits per heavy atom. The van der Waals surface area contributed by atoms with Crippen molar-refractivity contribution < 1.29 is 0 Å². The van der Waals surface area contributed by atoms with Crippen LogP contribution in [0.5, 0.6) is 0 Å². The summed E-state index contributed by atoms with van der Waals surface area (Å²) in [6.45, 7) is 0. The van der Waals surface area contributed by atoms with E-state index in [1.807, 2.05) is 0 Å². The van der Waals surface area contributed by atoms with Crippen molar-refractivity contribution in [3.05, 3.63) is 35.9 Å². The van der Waals surface area contributed by atoms with Gasteiger partial charge in [0, 0.05) is 5.38 Å². The Bertz CT molecular complexity index is 268. The molecule has 1 aliphatic carbocycles. The van der Waals surface area contributed by atoms with E-state index in [-0.39, 0.29) is 0 Å². The van der Waals surface area contributed by atoms with Crippen molar-refractivity contribution in [3.8, 4) is 0 Å². The predicted octanol–water partition coefficient (Wildman–Crippen LogP) is 4.03. The molecule has 1 aliphatic rings. The molecule has 1 fully saturated rings. The molecule has 14 heavy (non-hydrogen) atoms. The minimum Gasteiger partial charge on any atom is -0.123 e. The minimum atomic E-state index is 0.428. The van der Waals surface area contributed by atoms with Gasteiger partial charge in [-0.2, -0.15) is 0 Å². The first-order valence-corrected chi connectivity index (χ1v) is 5.96. The summed E-state index contributed by atoms with van der Waals surface area (Å²) in [5, 5.41) is 0.428. The van der Waals surface area contributed by atoms with E-state index < -0.39 is 0 Å². The molecule has 0 nitrogen and oxygen atoms in total.